The van der Waals surface area contributed by atoms with E-state index in [-0.39, 0.29) is 16.2 Å². The van der Waals surface area contributed by atoms with Gasteiger partial charge in [0.2, 0.25) is 0 Å². The number of hydrogen-bond donors (Lipinski definition) is 0. The third kappa shape index (κ3) is 2.88. The summed E-state index contributed by atoms with van der Waals surface area (Å²) in [6.45, 7) is 3.85. The molecule has 0 atom stereocenters. The number of ether oxygens (including phenoxy) is 1. The summed E-state index contributed by atoms with van der Waals surface area (Å²) in [5, 5.41) is 9.08. The number of nitrogens with zero attached hydrogens (tertiary/aromatic N) is 1. The van der Waals surface area contributed by atoms with Crippen LogP contribution in [0.1, 0.15) is 25.0 Å². The van der Waals surface area contributed by atoms with Gasteiger partial charge in [0, 0.05) is 12.0 Å². The molecule has 23 heavy (non-hydrogen) atoms. The summed E-state index contributed by atoms with van der Waals surface area (Å²) in [5.74, 6) is 0.580. The fraction of sp³-hybridized carbons (Fsp3) is 0.235. The van der Waals surface area contributed by atoms with Crippen LogP contribution in [0.25, 0.3) is 0 Å². The van der Waals surface area contributed by atoms with E-state index in [2.05, 4.69) is 0 Å². The molecule has 0 bridgehead atoms. The van der Waals surface area contributed by atoms with Crippen molar-refractivity contribution >= 4 is 10.1 Å². The Hall–Kier alpha value is -2.52. The fourth-order valence-corrected chi connectivity index (χ4v) is 3.68. The minimum absolute atomic E-state index is 0.0429. The molecular weight excluding hydrogens is 314 g/mol. The lowest BCUT2D eigenvalue weighted by molar-refractivity contribution is 0.136. The molecule has 0 saturated heterocycles. The Labute approximate surface area is 135 Å². The zero-order chi connectivity index (χ0) is 16.7. The number of para-hydroxylation sites is 1. The standard InChI is InChI=1S/C17H15NO4S/c1-17(2)10-12-7-5-8-14(16(12)21-17)22-23(19,20)15-9-4-3-6-13(15)11-18/h3-9H,10H2,1-2H3. The van der Waals surface area contributed by atoms with Crippen molar-refractivity contribution in [2.75, 3.05) is 0 Å². The van der Waals surface area contributed by atoms with Crippen molar-refractivity contribution in [3.8, 4) is 17.6 Å². The molecule has 0 saturated carbocycles. The van der Waals surface area contributed by atoms with E-state index in [0.29, 0.717) is 12.2 Å². The van der Waals surface area contributed by atoms with Crippen LogP contribution in [0.2, 0.25) is 0 Å². The third-order valence-electron chi connectivity index (χ3n) is 3.53. The quantitative estimate of drug-likeness (QED) is 0.809. The molecule has 1 aliphatic rings. The van der Waals surface area contributed by atoms with Gasteiger partial charge in [-0.15, -0.1) is 0 Å². The summed E-state index contributed by atoms with van der Waals surface area (Å²) in [4.78, 5) is -0.155. The molecule has 0 aliphatic carbocycles. The second-order valence-electron chi connectivity index (χ2n) is 5.93. The van der Waals surface area contributed by atoms with Crippen molar-refractivity contribution in [2.45, 2.75) is 30.8 Å². The van der Waals surface area contributed by atoms with Gasteiger partial charge in [-0.3, -0.25) is 0 Å². The SMILES string of the molecule is CC1(C)Cc2cccc(OS(=O)(=O)c3ccccc3C#N)c2O1. The van der Waals surface area contributed by atoms with Crippen LogP contribution in [-0.4, -0.2) is 14.0 Å². The first-order chi connectivity index (χ1) is 10.8. The van der Waals surface area contributed by atoms with Gasteiger partial charge >= 0.3 is 10.1 Å². The van der Waals surface area contributed by atoms with Crippen LogP contribution in [-0.2, 0) is 16.5 Å². The molecule has 118 valence electrons. The van der Waals surface area contributed by atoms with Crippen molar-refractivity contribution < 1.29 is 17.3 Å². The Kier molecular flexibility index (Phi) is 3.53. The molecule has 5 nitrogen and oxygen atoms in total. The highest BCUT2D eigenvalue weighted by atomic mass is 32.2. The second kappa shape index (κ2) is 5.28. The van der Waals surface area contributed by atoms with Crippen LogP contribution in [0, 0.1) is 11.3 Å². The molecule has 2 aromatic rings. The van der Waals surface area contributed by atoms with E-state index in [1.807, 2.05) is 26.0 Å². The maximum absolute atomic E-state index is 12.5. The molecule has 0 fully saturated rings. The molecule has 0 radical (unpaired) electrons. The van der Waals surface area contributed by atoms with E-state index in [9.17, 15) is 8.42 Å². The first-order valence-electron chi connectivity index (χ1n) is 7.07. The highest BCUT2D eigenvalue weighted by Gasteiger charge is 2.34. The van der Waals surface area contributed by atoms with Gasteiger partial charge in [0.15, 0.2) is 11.5 Å². The first-order valence-corrected chi connectivity index (χ1v) is 8.48. The predicted octanol–water partition coefficient (Wildman–Crippen LogP) is 3.04. The van der Waals surface area contributed by atoms with Gasteiger partial charge < -0.3 is 8.92 Å². The Morgan fingerprint density at radius 3 is 2.65 bits per heavy atom. The highest BCUT2D eigenvalue weighted by molar-refractivity contribution is 7.87. The zero-order valence-electron chi connectivity index (χ0n) is 12.7. The van der Waals surface area contributed by atoms with Crippen LogP contribution < -0.4 is 8.92 Å². The lowest BCUT2D eigenvalue weighted by Gasteiger charge is -2.18. The van der Waals surface area contributed by atoms with Gasteiger partial charge in [-0.05, 0) is 32.0 Å². The molecule has 0 N–H and O–H groups in total. The summed E-state index contributed by atoms with van der Waals surface area (Å²) < 4.78 is 36.1. The van der Waals surface area contributed by atoms with Crippen LogP contribution in [0.3, 0.4) is 0 Å². The van der Waals surface area contributed by atoms with Crippen molar-refractivity contribution in [3.63, 3.8) is 0 Å². The largest absolute Gasteiger partial charge is 0.483 e. The van der Waals surface area contributed by atoms with E-state index in [4.69, 9.17) is 14.2 Å². The van der Waals surface area contributed by atoms with E-state index < -0.39 is 15.7 Å². The molecule has 0 spiro atoms. The number of rotatable bonds is 3. The van der Waals surface area contributed by atoms with E-state index in [1.54, 1.807) is 24.3 Å². The topological polar surface area (TPSA) is 76.4 Å². The van der Waals surface area contributed by atoms with Crippen molar-refractivity contribution in [1.29, 1.82) is 5.26 Å². The summed E-state index contributed by atoms with van der Waals surface area (Å²) >= 11 is 0. The van der Waals surface area contributed by atoms with Gasteiger partial charge in [0.1, 0.15) is 16.6 Å². The zero-order valence-corrected chi connectivity index (χ0v) is 13.6. The lowest BCUT2D eigenvalue weighted by Crippen LogP contribution is -2.24. The summed E-state index contributed by atoms with van der Waals surface area (Å²) in [6, 6.07) is 13.0. The van der Waals surface area contributed by atoms with Gasteiger partial charge in [0.05, 0.1) is 5.56 Å². The Morgan fingerprint density at radius 1 is 1.17 bits per heavy atom. The van der Waals surface area contributed by atoms with Crippen molar-refractivity contribution in [3.05, 3.63) is 53.6 Å². The first kappa shape index (κ1) is 15.4. The number of fused-ring (bicyclic) bond motifs is 1. The smallest absolute Gasteiger partial charge is 0.340 e. The summed E-state index contributed by atoms with van der Waals surface area (Å²) in [5.41, 5.74) is 0.536. The Morgan fingerprint density at radius 2 is 1.91 bits per heavy atom. The van der Waals surface area contributed by atoms with Gasteiger partial charge in [0.25, 0.3) is 0 Å². The Balaban J connectivity index is 2.01. The molecule has 0 unspecified atom stereocenters. The molecule has 2 aromatic carbocycles. The average molecular weight is 329 g/mol. The maximum Gasteiger partial charge on any atom is 0.340 e. The number of nitriles is 1. The number of benzene rings is 2. The third-order valence-corrected chi connectivity index (χ3v) is 4.82. The molecule has 1 aliphatic heterocycles. The predicted molar refractivity (Wildman–Crippen MR) is 83.8 cm³/mol. The molecular formula is C17H15NO4S. The minimum atomic E-state index is -4.12. The van der Waals surface area contributed by atoms with Gasteiger partial charge in [-0.1, -0.05) is 24.3 Å². The second-order valence-corrected chi connectivity index (χ2v) is 7.44. The molecule has 0 amide bonds. The number of hydrogen-bond acceptors (Lipinski definition) is 5. The molecule has 3 rings (SSSR count). The maximum atomic E-state index is 12.5. The molecule has 6 heteroatoms. The monoisotopic (exact) mass is 329 g/mol. The van der Waals surface area contributed by atoms with E-state index in [1.165, 1.54) is 12.1 Å². The Bertz CT molecular complexity index is 910. The van der Waals surface area contributed by atoms with E-state index >= 15 is 0 Å². The van der Waals surface area contributed by atoms with Crippen molar-refractivity contribution in [2.24, 2.45) is 0 Å². The van der Waals surface area contributed by atoms with Crippen LogP contribution in [0.5, 0.6) is 11.5 Å². The van der Waals surface area contributed by atoms with Gasteiger partial charge in [-0.25, -0.2) is 0 Å². The van der Waals surface area contributed by atoms with Crippen LogP contribution >= 0.6 is 0 Å². The average Bonchev–Trinajstić information content (AvgIpc) is 2.82. The normalized spacial score (nSPS) is 15.3. The van der Waals surface area contributed by atoms with E-state index in [0.717, 1.165) is 5.56 Å². The summed E-state index contributed by atoms with van der Waals surface area (Å²) in [7, 11) is -4.12. The lowest BCUT2D eigenvalue weighted by atomic mass is 10.0. The molecule has 0 aromatic heterocycles. The minimum Gasteiger partial charge on any atom is -0.483 e. The van der Waals surface area contributed by atoms with Crippen LogP contribution in [0.4, 0.5) is 0 Å². The van der Waals surface area contributed by atoms with Crippen LogP contribution in [0.15, 0.2) is 47.4 Å². The molecule has 1 heterocycles. The highest BCUT2D eigenvalue weighted by Crippen LogP contribution is 2.42. The fourth-order valence-electron chi connectivity index (χ4n) is 2.59. The summed E-state index contributed by atoms with van der Waals surface area (Å²) in [6.07, 6.45) is 0.675. The van der Waals surface area contributed by atoms with Gasteiger partial charge in [-0.2, -0.15) is 13.7 Å². The van der Waals surface area contributed by atoms with Crippen molar-refractivity contribution in [1.82, 2.24) is 0 Å².